The average Bonchev–Trinajstić information content (AvgIpc) is 3.64. The molecule has 0 saturated carbocycles. The van der Waals surface area contributed by atoms with Gasteiger partial charge in [0.2, 0.25) is 11.8 Å². The molecule has 0 bridgehead atoms. The number of aryl methyl sites for hydroxylation is 1. The van der Waals surface area contributed by atoms with Crippen molar-refractivity contribution in [3.8, 4) is 0 Å². The van der Waals surface area contributed by atoms with Crippen LogP contribution in [0.4, 0.5) is 24.5 Å². The molecule has 13 nitrogen and oxygen atoms in total. The third-order valence-corrected chi connectivity index (χ3v) is 9.72. The number of piperidine rings is 1. The van der Waals surface area contributed by atoms with E-state index in [4.69, 9.17) is 0 Å². The zero-order valence-electron chi connectivity index (χ0n) is 30.5. The minimum absolute atomic E-state index is 0.0614. The molecule has 0 spiro atoms. The highest BCUT2D eigenvalue weighted by Crippen LogP contribution is 2.34. The summed E-state index contributed by atoms with van der Waals surface area (Å²) in [5, 5.41) is 24.3. The van der Waals surface area contributed by atoms with Crippen molar-refractivity contribution in [2.75, 3.05) is 17.2 Å². The van der Waals surface area contributed by atoms with Gasteiger partial charge in [-0.3, -0.25) is 38.9 Å². The van der Waals surface area contributed by atoms with Crippen LogP contribution >= 0.6 is 0 Å². The van der Waals surface area contributed by atoms with Crippen LogP contribution in [0.2, 0.25) is 0 Å². The van der Waals surface area contributed by atoms with Gasteiger partial charge in [0.15, 0.2) is 0 Å². The fourth-order valence-corrected chi connectivity index (χ4v) is 6.92. The van der Waals surface area contributed by atoms with Gasteiger partial charge in [0.05, 0.1) is 22.2 Å². The standard InChI is InChI=1S/C39H42F3N7O6/c1-38(2,55)25-21-28-23(20-29(25)45-34(51)27-14-11-15-31(44-27)39(40,41)42)22-48(47-28)19-9-7-5-3-4-6-8-18-43-26-13-10-12-24-33(26)37(54)49(36(24)53)30-16-17-32(50)46-35(30)52/h10-15,20-22,30,43,55H,3-9,16-19H2,1-2H3,(H,45,51)(H,46,50,52). The molecule has 4 aromatic rings. The second kappa shape index (κ2) is 16.0. The van der Waals surface area contributed by atoms with Crippen LogP contribution in [-0.4, -0.2) is 66.9 Å². The number of nitrogens with zero attached hydrogens (tertiary/aromatic N) is 4. The molecule has 1 unspecified atom stereocenters. The van der Waals surface area contributed by atoms with Crippen molar-refractivity contribution in [1.82, 2.24) is 25.0 Å². The smallest absolute Gasteiger partial charge is 0.386 e. The van der Waals surface area contributed by atoms with Gasteiger partial charge >= 0.3 is 6.18 Å². The predicted octanol–water partition coefficient (Wildman–Crippen LogP) is 6.17. The molecule has 4 heterocycles. The molecular weight excluding hydrogens is 719 g/mol. The van der Waals surface area contributed by atoms with E-state index in [1.54, 1.807) is 48.9 Å². The number of carbonyl (C=O) groups excluding carboxylic acids is 5. The first-order chi connectivity index (χ1) is 26.1. The van der Waals surface area contributed by atoms with Gasteiger partial charge in [-0.1, -0.05) is 44.2 Å². The summed E-state index contributed by atoms with van der Waals surface area (Å²) in [6.45, 7) is 4.34. The van der Waals surface area contributed by atoms with Gasteiger partial charge in [-0.2, -0.15) is 18.3 Å². The summed E-state index contributed by atoms with van der Waals surface area (Å²) in [5.74, 6) is -2.98. The van der Waals surface area contributed by atoms with Crippen LogP contribution in [0, 0.1) is 0 Å². The van der Waals surface area contributed by atoms with Crippen molar-refractivity contribution in [3.63, 3.8) is 0 Å². The van der Waals surface area contributed by atoms with Crippen LogP contribution in [0.25, 0.3) is 10.9 Å². The SMILES string of the molecule is CC(C)(O)c1cc2nn(CCCCCCCCCNc3cccc4c3C(=O)N(C3CCC(=O)NC3=O)C4=O)cc2cc1NC(=O)c1cccc(C(F)(F)F)n1. The molecule has 0 radical (unpaired) electrons. The first kappa shape index (κ1) is 39.1. The van der Waals surface area contributed by atoms with Crippen molar-refractivity contribution in [2.45, 2.75) is 96.0 Å². The predicted molar refractivity (Wildman–Crippen MR) is 196 cm³/mol. The number of pyridine rings is 1. The lowest BCUT2D eigenvalue weighted by Crippen LogP contribution is -2.54. The molecule has 1 saturated heterocycles. The quantitative estimate of drug-likeness (QED) is 0.0815. The summed E-state index contributed by atoms with van der Waals surface area (Å²) in [7, 11) is 0. The molecule has 5 amide bonds. The van der Waals surface area contributed by atoms with Gasteiger partial charge in [0.1, 0.15) is 17.4 Å². The minimum atomic E-state index is -4.70. The lowest BCUT2D eigenvalue weighted by molar-refractivity contribution is -0.141. The van der Waals surface area contributed by atoms with E-state index in [0.29, 0.717) is 35.2 Å². The summed E-state index contributed by atoms with van der Waals surface area (Å²) >= 11 is 0. The zero-order chi connectivity index (χ0) is 39.5. The van der Waals surface area contributed by atoms with Crippen molar-refractivity contribution >= 4 is 51.8 Å². The van der Waals surface area contributed by atoms with Crippen molar-refractivity contribution < 1.29 is 42.3 Å². The summed E-state index contributed by atoms with van der Waals surface area (Å²) < 4.78 is 41.3. The second-order valence-corrected chi connectivity index (χ2v) is 14.3. The Balaban J connectivity index is 0.940. The average molecular weight is 762 g/mol. The van der Waals surface area contributed by atoms with Crippen molar-refractivity contribution in [2.24, 2.45) is 0 Å². The van der Waals surface area contributed by atoms with Crippen LogP contribution < -0.4 is 16.0 Å². The van der Waals surface area contributed by atoms with Crippen LogP contribution in [-0.2, 0) is 27.9 Å². The third-order valence-electron chi connectivity index (χ3n) is 9.72. The van der Waals surface area contributed by atoms with E-state index in [0.717, 1.165) is 62.0 Å². The minimum Gasteiger partial charge on any atom is -0.386 e. The van der Waals surface area contributed by atoms with Crippen LogP contribution in [0.5, 0.6) is 0 Å². The van der Waals surface area contributed by atoms with E-state index in [-0.39, 0.29) is 29.7 Å². The molecule has 290 valence electrons. The number of unbranched alkanes of at least 4 members (excludes halogenated alkanes) is 6. The van der Waals surface area contributed by atoms with E-state index < -0.39 is 58.7 Å². The lowest BCUT2D eigenvalue weighted by Gasteiger charge is -2.27. The number of halogens is 3. The molecule has 4 N–H and O–H groups in total. The van der Waals surface area contributed by atoms with Crippen LogP contribution in [0.15, 0.2) is 54.7 Å². The number of hydrogen-bond acceptors (Lipinski definition) is 9. The number of amides is 5. The largest absolute Gasteiger partial charge is 0.433 e. The number of carbonyl (C=O) groups is 5. The number of fused-ring (bicyclic) bond motifs is 2. The van der Waals surface area contributed by atoms with E-state index in [2.05, 4.69) is 26.0 Å². The van der Waals surface area contributed by atoms with Gasteiger partial charge in [0, 0.05) is 48.0 Å². The Morgan fingerprint density at radius 3 is 2.35 bits per heavy atom. The number of nitrogens with one attached hydrogen (secondary N) is 3. The molecule has 1 atom stereocenters. The second-order valence-electron chi connectivity index (χ2n) is 14.3. The highest BCUT2D eigenvalue weighted by Gasteiger charge is 2.45. The van der Waals surface area contributed by atoms with Gasteiger partial charge in [-0.25, -0.2) is 4.98 Å². The summed E-state index contributed by atoms with van der Waals surface area (Å²) in [6.07, 6.45) is 4.04. The number of alkyl halides is 3. The van der Waals surface area contributed by atoms with Crippen LogP contribution in [0.1, 0.15) is 114 Å². The Bertz CT molecular complexity index is 2140. The van der Waals surface area contributed by atoms with Gasteiger partial charge in [0.25, 0.3) is 17.7 Å². The summed E-state index contributed by atoms with van der Waals surface area (Å²) in [4.78, 5) is 67.6. The molecule has 55 heavy (non-hydrogen) atoms. The van der Waals surface area contributed by atoms with Crippen LogP contribution in [0.3, 0.4) is 0 Å². The van der Waals surface area contributed by atoms with E-state index in [1.165, 1.54) is 6.07 Å². The fourth-order valence-electron chi connectivity index (χ4n) is 6.92. The third kappa shape index (κ3) is 8.85. The Kier molecular flexibility index (Phi) is 11.4. The van der Waals surface area contributed by atoms with E-state index in [1.807, 2.05) is 6.20 Å². The highest BCUT2D eigenvalue weighted by atomic mass is 19.4. The van der Waals surface area contributed by atoms with Gasteiger partial charge < -0.3 is 15.7 Å². The molecule has 2 aromatic heterocycles. The normalized spacial score (nSPS) is 16.1. The number of anilines is 2. The molecule has 2 aromatic carbocycles. The molecule has 1 fully saturated rings. The van der Waals surface area contributed by atoms with Crippen molar-refractivity contribution in [1.29, 1.82) is 0 Å². The highest BCUT2D eigenvalue weighted by molar-refractivity contribution is 6.25. The fraction of sp³-hybridized carbons (Fsp3) is 0.410. The lowest BCUT2D eigenvalue weighted by atomic mass is 9.95. The molecule has 2 aliphatic heterocycles. The van der Waals surface area contributed by atoms with E-state index in [9.17, 15) is 42.3 Å². The number of benzene rings is 2. The summed E-state index contributed by atoms with van der Waals surface area (Å²) in [5.41, 5.74) is -0.741. The molecule has 16 heteroatoms. The van der Waals surface area contributed by atoms with Gasteiger partial charge in [-0.15, -0.1) is 0 Å². The Morgan fingerprint density at radius 1 is 0.927 bits per heavy atom. The first-order valence-corrected chi connectivity index (χ1v) is 18.3. The maximum absolute atomic E-state index is 13.3. The molecular formula is C39H42F3N7O6. The Morgan fingerprint density at radius 2 is 1.64 bits per heavy atom. The molecule has 0 aliphatic carbocycles. The van der Waals surface area contributed by atoms with E-state index >= 15 is 0 Å². The first-order valence-electron chi connectivity index (χ1n) is 18.3. The maximum atomic E-state index is 13.3. The monoisotopic (exact) mass is 761 g/mol. The Labute approximate surface area is 314 Å². The number of imide groups is 2. The van der Waals surface area contributed by atoms with Gasteiger partial charge in [-0.05, 0) is 69.5 Å². The maximum Gasteiger partial charge on any atom is 0.433 e. The number of aliphatic hydroxyl groups is 1. The number of aromatic nitrogens is 3. The summed E-state index contributed by atoms with van der Waals surface area (Å²) in [6, 6.07) is 10.4. The molecule has 2 aliphatic rings. The Hall–Kier alpha value is -5.64. The number of rotatable bonds is 15. The van der Waals surface area contributed by atoms with Crippen molar-refractivity contribution in [3.05, 3.63) is 82.8 Å². The topological polar surface area (TPSA) is 176 Å². The number of hydrogen-bond donors (Lipinski definition) is 4. The molecule has 6 rings (SSSR count). The zero-order valence-corrected chi connectivity index (χ0v) is 30.5.